The van der Waals surface area contributed by atoms with E-state index in [9.17, 15) is 4.79 Å². The highest BCUT2D eigenvalue weighted by atomic mass is 16.4. The molecule has 0 amide bonds. The molecule has 2 N–H and O–H groups in total. The Bertz CT molecular complexity index is 456. The highest BCUT2D eigenvalue weighted by molar-refractivity contribution is 5.92. The number of rotatable bonds is 2. The van der Waals surface area contributed by atoms with Crippen molar-refractivity contribution in [2.45, 2.75) is 6.92 Å². The van der Waals surface area contributed by atoms with Crippen LogP contribution in [0.4, 0.5) is 0 Å². The van der Waals surface area contributed by atoms with Crippen LogP contribution in [0.15, 0.2) is 24.5 Å². The summed E-state index contributed by atoms with van der Waals surface area (Å²) in [7, 11) is 0. The summed E-state index contributed by atoms with van der Waals surface area (Å²) in [5.74, 6) is -0.556. The van der Waals surface area contributed by atoms with Crippen molar-refractivity contribution in [2.24, 2.45) is 0 Å². The molecule has 0 saturated carbocycles. The molecule has 0 atom stereocenters. The summed E-state index contributed by atoms with van der Waals surface area (Å²) in [6, 6.07) is 3.63. The fourth-order valence-corrected chi connectivity index (χ4v) is 1.33. The van der Waals surface area contributed by atoms with Gasteiger partial charge in [0.05, 0.1) is 0 Å². The third-order valence-corrected chi connectivity index (χ3v) is 1.99. The Kier molecular flexibility index (Phi) is 1.85. The van der Waals surface area contributed by atoms with E-state index in [1.807, 2.05) is 12.1 Å². The van der Waals surface area contributed by atoms with E-state index in [4.69, 9.17) is 5.11 Å². The first-order valence-electron chi connectivity index (χ1n) is 4.11. The second-order valence-electron chi connectivity index (χ2n) is 2.94. The van der Waals surface area contributed by atoms with Crippen LogP contribution in [0.25, 0.3) is 5.82 Å². The van der Waals surface area contributed by atoms with Crippen molar-refractivity contribution in [3.63, 3.8) is 0 Å². The molecule has 14 heavy (non-hydrogen) atoms. The van der Waals surface area contributed by atoms with Gasteiger partial charge < -0.3 is 9.67 Å². The lowest BCUT2D eigenvalue weighted by Crippen LogP contribution is -2.03. The Morgan fingerprint density at radius 1 is 1.50 bits per heavy atom. The quantitative estimate of drug-likeness (QED) is 0.749. The molecule has 0 unspecified atom stereocenters. The number of aromatic nitrogens is 3. The molecular weight excluding hydrogens is 182 g/mol. The van der Waals surface area contributed by atoms with Crippen LogP contribution in [0.1, 0.15) is 16.1 Å². The number of H-pyrrole nitrogens is 1. The first-order chi connectivity index (χ1) is 6.70. The lowest BCUT2D eigenvalue weighted by atomic mass is 10.2. The van der Waals surface area contributed by atoms with Gasteiger partial charge in [-0.1, -0.05) is 0 Å². The summed E-state index contributed by atoms with van der Waals surface area (Å²) in [5.41, 5.74) is 0.766. The Labute approximate surface area is 80.0 Å². The average molecular weight is 191 g/mol. The van der Waals surface area contributed by atoms with Crippen LogP contribution in [-0.4, -0.2) is 25.8 Å². The molecule has 0 spiro atoms. The molecule has 0 saturated heterocycles. The average Bonchev–Trinajstić information content (AvgIpc) is 2.70. The van der Waals surface area contributed by atoms with Crippen LogP contribution in [0.2, 0.25) is 0 Å². The number of hydrogen-bond acceptors (Lipinski definition) is 2. The van der Waals surface area contributed by atoms with E-state index in [1.54, 1.807) is 23.9 Å². The van der Waals surface area contributed by atoms with Gasteiger partial charge in [-0.05, 0) is 19.1 Å². The number of aryl methyl sites for hydroxylation is 1. The molecule has 0 fully saturated rings. The smallest absolute Gasteiger partial charge is 0.341 e. The predicted molar refractivity (Wildman–Crippen MR) is 49.6 cm³/mol. The third kappa shape index (κ3) is 1.19. The summed E-state index contributed by atoms with van der Waals surface area (Å²) in [6.07, 6.45) is 3.50. The second kappa shape index (κ2) is 3.02. The maximum Gasteiger partial charge on any atom is 0.341 e. The molecule has 0 aliphatic rings. The fourth-order valence-electron chi connectivity index (χ4n) is 1.33. The normalized spacial score (nSPS) is 10.4. The van der Waals surface area contributed by atoms with Gasteiger partial charge in [0.2, 0.25) is 0 Å². The highest BCUT2D eigenvalue weighted by Gasteiger charge is 2.17. The Hall–Kier alpha value is -2.04. The monoisotopic (exact) mass is 191 g/mol. The molecule has 0 bridgehead atoms. The molecule has 0 aromatic carbocycles. The molecule has 5 nitrogen and oxygen atoms in total. The van der Waals surface area contributed by atoms with Gasteiger partial charge in [-0.3, -0.25) is 5.10 Å². The van der Waals surface area contributed by atoms with Gasteiger partial charge in [-0.2, -0.15) is 5.10 Å². The third-order valence-electron chi connectivity index (χ3n) is 1.99. The molecule has 2 heterocycles. The van der Waals surface area contributed by atoms with Crippen molar-refractivity contribution in [3.05, 3.63) is 35.8 Å². The molecule has 2 aromatic rings. The maximum atomic E-state index is 10.9. The minimum atomic E-state index is -0.972. The number of nitrogens with one attached hydrogen (secondary N) is 1. The van der Waals surface area contributed by atoms with Gasteiger partial charge in [-0.15, -0.1) is 0 Å². The van der Waals surface area contributed by atoms with Crippen LogP contribution in [0, 0.1) is 6.92 Å². The van der Waals surface area contributed by atoms with Gasteiger partial charge in [0, 0.05) is 18.1 Å². The number of nitrogens with zero attached hydrogens (tertiary/aromatic N) is 2. The summed E-state index contributed by atoms with van der Waals surface area (Å²) in [4.78, 5) is 10.9. The zero-order valence-electron chi connectivity index (χ0n) is 7.56. The predicted octanol–water partition coefficient (Wildman–Crippen LogP) is 1.21. The van der Waals surface area contributed by atoms with Gasteiger partial charge in [0.25, 0.3) is 0 Å². The van der Waals surface area contributed by atoms with Crippen molar-refractivity contribution >= 4 is 5.97 Å². The molecule has 5 heteroatoms. The van der Waals surface area contributed by atoms with Gasteiger partial charge in [0.15, 0.2) is 5.82 Å². The SMILES string of the molecule is Cc1[nH]nc(-n2cccc2)c1C(=O)O. The van der Waals surface area contributed by atoms with E-state index in [2.05, 4.69) is 10.2 Å². The summed E-state index contributed by atoms with van der Waals surface area (Å²) in [6.45, 7) is 1.68. The van der Waals surface area contributed by atoms with Crippen molar-refractivity contribution in [3.8, 4) is 5.82 Å². The zero-order valence-corrected chi connectivity index (χ0v) is 7.56. The second-order valence-corrected chi connectivity index (χ2v) is 2.94. The number of aromatic amines is 1. The zero-order chi connectivity index (χ0) is 10.1. The topological polar surface area (TPSA) is 70.9 Å². The Balaban J connectivity index is 2.60. The van der Waals surface area contributed by atoms with Crippen LogP contribution in [0.5, 0.6) is 0 Å². The van der Waals surface area contributed by atoms with Crippen molar-refractivity contribution < 1.29 is 9.90 Å². The summed E-state index contributed by atoms with van der Waals surface area (Å²) in [5, 5.41) is 15.6. The first kappa shape index (κ1) is 8.55. The molecule has 0 radical (unpaired) electrons. The van der Waals surface area contributed by atoms with E-state index < -0.39 is 5.97 Å². The van der Waals surface area contributed by atoms with E-state index in [-0.39, 0.29) is 5.56 Å². The summed E-state index contributed by atoms with van der Waals surface area (Å²) >= 11 is 0. The van der Waals surface area contributed by atoms with Crippen LogP contribution >= 0.6 is 0 Å². The van der Waals surface area contributed by atoms with E-state index >= 15 is 0 Å². The molecule has 0 aliphatic carbocycles. The minimum Gasteiger partial charge on any atom is -0.477 e. The van der Waals surface area contributed by atoms with Crippen molar-refractivity contribution in [2.75, 3.05) is 0 Å². The van der Waals surface area contributed by atoms with Gasteiger partial charge in [-0.25, -0.2) is 4.79 Å². The molecular formula is C9H9N3O2. The Morgan fingerprint density at radius 2 is 2.14 bits per heavy atom. The number of carboxylic acids is 1. The van der Waals surface area contributed by atoms with Gasteiger partial charge in [0.1, 0.15) is 5.56 Å². The first-order valence-corrected chi connectivity index (χ1v) is 4.11. The Morgan fingerprint density at radius 3 is 2.71 bits per heavy atom. The van der Waals surface area contributed by atoms with Crippen LogP contribution in [-0.2, 0) is 0 Å². The maximum absolute atomic E-state index is 10.9. The standard InChI is InChI=1S/C9H9N3O2/c1-6-7(9(13)14)8(11-10-6)12-4-2-3-5-12/h2-5H,1H3,(H,10,11)(H,13,14). The van der Waals surface area contributed by atoms with E-state index in [0.717, 1.165) is 0 Å². The van der Waals surface area contributed by atoms with Crippen molar-refractivity contribution in [1.82, 2.24) is 14.8 Å². The van der Waals surface area contributed by atoms with Crippen LogP contribution < -0.4 is 0 Å². The molecule has 2 rings (SSSR count). The lowest BCUT2D eigenvalue weighted by molar-refractivity contribution is 0.0696. The van der Waals surface area contributed by atoms with Crippen molar-refractivity contribution in [1.29, 1.82) is 0 Å². The lowest BCUT2D eigenvalue weighted by Gasteiger charge is -1.98. The van der Waals surface area contributed by atoms with E-state index in [1.165, 1.54) is 0 Å². The number of carbonyl (C=O) groups is 1. The van der Waals surface area contributed by atoms with E-state index in [0.29, 0.717) is 11.5 Å². The van der Waals surface area contributed by atoms with Gasteiger partial charge >= 0.3 is 5.97 Å². The molecule has 2 aromatic heterocycles. The van der Waals surface area contributed by atoms with Crippen LogP contribution in [0.3, 0.4) is 0 Å². The minimum absolute atomic E-state index is 0.209. The number of hydrogen-bond donors (Lipinski definition) is 2. The summed E-state index contributed by atoms with van der Waals surface area (Å²) < 4.78 is 1.66. The number of carboxylic acid groups (broad SMARTS) is 1. The largest absolute Gasteiger partial charge is 0.477 e. The fraction of sp³-hybridized carbons (Fsp3) is 0.111. The highest BCUT2D eigenvalue weighted by Crippen LogP contribution is 2.14. The molecule has 72 valence electrons. The number of aromatic carboxylic acids is 1. The molecule has 0 aliphatic heterocycles.